The first-order valence-corrected chi connectivity index (χ1v) is 9.48. The Balaban J connectivity index is 2.34. The van der Waals surface area contributed by atoms with E-state index in [0.29, 0.717) is 13.0 Å². The molecule has 0 aliphatic rings. The van der Waals surface area contributed by atoms with Gasteiger partial charge in [-0.1, -0.05) is 26.0 Å². The molecule has 0 bridgehead atoms. The summed E-state index contributed by atoms with van der Waals surface area (Å²) in [6.45, 7) is 4.23. The smallest absolute Gasteiger partial charge is 0.239 e. The predicted octanol–water partition coefficient (Wildman–Crippen LogP) is 0.545. The Kier molecular flexibility index (Phi) is 7.87. The molecule has 4 N–H and O–H groups in total. The molecule has 0 aliphatic heterocycles. The summed E-state index contributed by atoms with van der Waals surface area (Å²) in [7, 11) is -3.69. The molecule has 0 fully saturated rings. The molecule has 0 saturated heterocycles. The van der Waals surface area contributed by atoms with E-state index < -0.39 is 10.0 Å². The number of hydrogen-bond donors (Lipinski definition) is 3. The van der Waals surface area contributed by atoms with E-state index in [0.717, 1.165) is 18.4 Å². The molecule has 7 nitrogen and oxygen atoms in total. The zero-order chi connectivity index (χ0) is 18.2. The summed E-state index contributed by atoms with van der Waals surface area (Å²) < 4.78 is 22.3. The van der Waals surface area contributed by atoms with Crippen molar-refractivity contribution in [2.24, 2.45) is 11.1 Å². The number of nitrogens with one attached hydrogen (secondary N) is 2. The first-order chi connectivity index (χ1) is 11.3. The summed E-state index contributed by atoms with van der Waals surface area (Å²) in [6, 6.07) is 6.17. The van der Waals surface area contributed by atoms with Crippen LogP contribution < -0.4 is 15.8 Å². The number of primary sulfonamides is 1. The SMILES string of the molecule is CCC(CC)C(=O)NCC(=O)NCCc1ccc(S(N)(=O)=O)cc1. The van der Waals surface area contributed by atoms with Crippen molar-refractivity contribution in [2.45, 2.75) is 38.0 Å². The van der Waals surface area contributed by atoms with E-state index in [2.05, 4.69) is 10.6 Å². The highest BCUT2D eigenvalue weighted by molar-refractivity contribution is 7.89. The van der Waals surface area contributed by atoms with Crippen molar-refractivity contribution in [1.29, 1.82) is 0 Å². The van der Waals surface area contributed by atoms with E-state index >= 15 is 0 Å². The van der Waals surface area contributed by atoms with E-state index in [-0.39, 0.29) is 29.2 Å². The average Bonchev–Trinajstić information content (AvgIpc) is 2.53. The Morgan fingerprint density at radius 3 is 2.17 bits per heavy atom. The Bertz CT molecular complexity index is 652. The summed E-state index contributed by atoms with van der Waals surface area (Å²) in [5.74, 6) is -0.417. The highest BCUT2D eigenvalue weighted by Crippen LogP contribution is 2.09. The van der Waals surface area contributed by atoms with Gasteiger partial charge in [0.05, 0.1) is 11.4 Å². The van der Waals surface area contributed by atoms with E-state index in [1.807, 2.05) is 13.8 Å². The van der Waals surface area contributed by atoms with Crippen molar-refractivity contribution in [3.8, 4) is 0 Å². The molecule has 8 heteroatoms. The third kappa shape index (κ3) is 6.67. The lowest BCUT2D eigenvalue weighted by atomic mass is 10.0. The average molecular weight is 355 g/mol. The molecule has 1 rings (SSSR count). The number of rotatable bonds is 9. The maximum atomic E-state index is 11.8. The van der Waals surface area contributed by atoms with Gasteiger partial charge in [0.25, 0.3) is 0 Å². The first kappa shape index (κ1) is 20.1. The molecular formula is C16H25N3O4S. The fourth-order valence-electron chi connectivity index (χ4n) is 2.23. The quantitative estimate of drug-likeness (QED) is 0.599. The summed E-state index contributed by atoms with van der Waals surface area (Å²) >= 11 is 0. The molecule has 0 aromatic heterocycles. The Labute approximate surface area is 143 Å². The zero-order valence-electron chi connectivity index (χ0n) is 14.0. The van der Waals surface area contributed by atoms with Crippen LogP contribution in [0.5, 0.6) is 0 Å². The lowest BCUT2D eigenvalue weighted by Crippen LogP contribution is -2.40. The van der Waals surface area contributed by atoms with E-state index in [1.165, 1.54) is 12.1 Å². The van der Waals surface area contributed by atoms with Crippen LogP contribution >= 0.6 is 0 Å². The molecule has 0 aliphatic carbocycles. The van der Waals surface area contributed by atoms with Crippen LogP contribution in [0.3, 0.4) is 0 Å². The van der Waals surface area contributed by atoms with Gasteiger partial charge in [-0.15, -0.1) is 0 Å². The summed E-state index contributed by atoms with van der Waals surface area (Å²) in [4.78, 5) is 23.5. The van der Waals surface area contributed by atoms with Gasteiger partial charge in [0.1, 0.15) is 0 Å². The normalized spacial score (nSPS) is 11.3. The van der Waals surface area contributed by atoms with Crippen LogP contribution in [0.4, 0.5) is 0 Å². The lowest BCUT2D eigenvalue weighted by Gasteiger charge is -2.12. The van der Waals surface area contributed by atoms with Crippen LogP contribution in [0.1, 0.15) is 32.3 Å². The molecule has 0 spiro atoms. The van der Waals surface area contributed by atoms with Crippen molar-refractivity contribution < 1.29 is 18.0 Å². The van der Waals surface area contributed by atoms with Crippen molar-refractivity contribution in [1.82, 2.24) is 10.6 Å². The highest BCUT2D eigenvalue weighted by Gasteiger charge is 2.14. The van der Waals surface area contributed by atoms with Crippen molar-refractivity contribution in [3.05, 3.63) is 29.8 Å². The van der Waals surface area contributed by atoms with Crippen LogP contribution in [0, 0.1) is 5.92 Å². The molecule has 0 radical (unpaired) electrons. The molecule has 0 atom stereocenters. The molecular weight excluding hydrogens is 330 g/mol. The van der Waals surface area contributed by atoms with E-state index in [1.54, 1.807) is 12.1 Å². The molecule has 0 heterocycles. The van der Waals surface area contributed by atoms with Crippen LogP contribution in [-0.2, 0) is 26.0 Å². The van der Waals surface area contributed by atoms with Gasteiger partial charge in [0, 0.05) is 12.5 Å². The van der Waals surface area contributed by atoms with E-state index in [4.69, 9.17) is 5.14 Å². The number of benzene rings is 1. The van der Waals surface area contributed by atoms with Crippen LogP contribution in [-0.4, -0.2) is 33.3 Å². The molecule has 1 aromatic rings. The van der Waals surface area contributed by atoms with Crippen LogP contribution in [0.25, 0.3) is 0 Å². The van der Waals surface area contributed by atoms with Crippen LogP contribution in [0.15, 0.2) is 29.2 Å². The van der Waals surface area contributed by atoms with Gasteiger partial charge in [-0.25, -0.2) is 13.6 Å². The minimum absolute atomic E-state index is 0.0420. The monoisotopic (exact) mass is 355 g/mol. The van der Waals surface area contributed by atoms with Gasteiger partial charge in [-0.05, 0) is 37.0 Å². The fourth-order valence-corrected chi connectivity index (χ4v) is 2.74. The molecule has 2 amide bonds. The third-order valence-corrected chi connectivity index (χ3v) is 4.70. The summed E-state index contributed by atoms with van der Waals surface area (Å²) in [6.07, 6.45) is 2.05. The fraction of sp³-hybridized carbons (Fsp3) is 0.500. The number of sulfonamides is 1. The second-order valence-electron chi connectivity index (χ2n) is 5.52. The number of carbonyl (C=O) groups is 2. The standard InChI is InChI=1S/C16H25N3O4S/c1-3-13(4-2)16(21)19-11-15(20)18-10-9-12-5-7-14(8-6-12)24(17,22)23/h5-8,13H,3-4,9-11H2,1-2H3,(H,18,20)(H,19,21)(H2,17,22,23). The van der Waals surface area contributed by atoms with Gasteiger partial charge >= 0.3 is 0 Å². The molecule has 1 aromatic carbocycles. The maximum absolute atomic E-state index is 11.8. The minimum Gasteiger partial charge on any atom is -0.354 e. The topological polar surface area (TPSA) is 118 Å². The maximum Gasteiger partial charge on any atom is 0.239 e. The molecule has 0 saturated carbocycles. The minimum atomic E-state index is -3.69. The second-order valence-corrected chi connectivity index (χ2v) is 7.08. The van der Waals surface area contributed by atoms with Gasteiger partial charge in [-0.2, -0.15) is 0 Å². The number of nitrogens with two attached hydrogens (primary N) is 1. The second kappa shape index (κ2) is 9.39. The Hall–Kier alpha value is -1.93. The Morgan fingerprint density at radius 1 is 1.08 bits per heavy atom. The number of amides is 2. The number of carbonyl (C=O) groups excluding carboxylic acids is 2. The number of hydrogen-bond acceptors (Lipinski definition) is 4. The van der Waals surface area contributed by atoms with Crippen molar-refractivity contribution in [3.63, 3.8) is 0 Å². The zero-order valence-corrected chi connectivity index (χ0v) is 14.9. The largest absolute Gasteiger partial charge is 0.354 e. The summed E-state index contributed by atoms with van der Waals surface area (Å²) in [5, 5.41) is 10.4. The van der Waals surface area contributed by atoms with Crippen molar-refractivity contribution in [2.75, 3.05) is 13.1 Å². The van der Waals surface area contributed by atoms with Gasteiger partial charge in [-0.3, -0.25) is 9.59 Å². The predicted molar refractivity (Wildman–Crippen MR) is 91.6 cm³/mol. The lowest BCUT2D eigenvalue weighted by molar-refractivity contribution is -0.128. The van der Waals surface area contributed by atoms with Gasteiger partial charge in [0.2, 0.25) is 21.8 Å². The van der Waals surface area contributed by atoms with Crippen LogP contribution in [0.2, 0.25) is 0 Å². The van der Waals surface area contributed by atoms with E-state index in [9.17, 15) is 18.0 Å². The first-order valence-electron chi connectivity index (χ1n) is 7.94. The molecule has 0 unspecified atom stereocenters. The highest BCUT2D eigenvalue weighted by atomic mass is 32.2. The molecule has 24 heavy (non-hydrogen) atoms. The van der Waals surface area contributed by atoms with Gasteiger partial charge in [0.15, 0.2) is 0 Å². The Morgan fingerprint density at radius 2 is 1.67 bits per heavy atom. The van der Waals surface area contributed by atoms with Crippen molar-refractivity contribution >= 4 is 21.8 Å². The third-order valence-electron chi connectivity index (χ3n) is 3.77. The van der Waals surface area contributed by atoms with Gasteiger partial charge < -0.3 is 10.6 Å². The molecule has 134 valence electrons. The summed E-state index contributed by atoms with van der Waals surface area (Å²) in [5.41, 5.74) is 0.878.